The molecule has 0 aromatic heterocycles. The quantitative estimate of drug-likeness (QED) is 0.0457. The van der Waals surface area contributed by atoms with Crippen molar-refractivity contribution in [1.29, 1.82) is 0 Å². The number of nitrogens with zero attached hydrogens (tertiary/aromatic N) is 2. The average molecular weight is 751 g/mol. The lowest BCUT2D eigenvalue weighted by atomic mass is 9.95. The Bertz CT molecular complexity index is 722. The van der Waals surface area contributed by atoms with E-state index in [1.165, 1.54) is 135 Å². The van der Waals surface area contributed by atoms with Crippen molar-refractivity contribution in [2.45, 2.75) is 227 Å². The van der Waals surface area contributed by atoms with Crippen LogP contribution in [0.1, 0.15) is 227 Å². The van der Waals surface area contributed by atoms with Crippen LogP contribution < -0.4 is 0 Å². The van der Waals surface area contributed by atoms with Gasteiger partial charge in [-0.3, -0.25) is 9.59 Å². The van der Waals surface area contributed by atoms with Crippen LogP contribution in [0.25, 0.3) is 0 Å². The van der Waals surface area contributed by atoms with E-state index < -0.39 is 0 Å². The summed E-state index contributed by atoms with van der Waals surface area (Å²) in [7, 11) is 2.24. The Morgan fingerprint density at radius 3 is 1.11 bits per heavy atom. The van der Waals surface area contributed by atoms with E-state index in [0.717, 1.165) is 90.1 Å². The third-order valence-corrected chi connectivity index (χ3v) is 11.4. The molecule has 2 unspecified atom stereocenters. The molecule has 316 valence electrons. The van der Waals surface area contributed by atoms with Crippen LogP contribution in [0.5, 0.6) is 0 Å². The summed E-state index contributed by atoms with van der Waals surface area (Å²) in [5.74, 6) is 0.366. The molecule has 0 spiro atoms. The van der Waals surface area contributed by atoms with Crippen molar-refractivity contribution in [3.63, 3.8) is 0 Å². The maximum Gasteiger partial charge on any atom is 0.308 e. The highest BCUT2D eigenvalue weighted by molar-refractivity contribution is 5.72. The standard InChI is InChI=1S/C47H94N2O4/c1-7-12-16-28-36-44(34-14-9-3)46(50)52-42-32-26-22-18-20-24-30-38-49(41-40-48(6)11-5)39-31-25-21-19-23-27-33-43-53-47(51)45(35-15-10-4)37-29-17-13-8-2/h44-45H,7-43H2,1-6H3. The van der Waals surface area contributed by atoms with Crippen LogP contribution in [0.4, 0.5) is 0 Å². The van der Waals surface area contributed by atoms with E-state index in [1.807, 2.05) is 0 Å². The molecule has 0 saturated carbocycles. The van der Waals surface area contributed by atoms with Crippen molar-refractivity contribution in [3.8, 4) is 0 Å². The summed E-state index contributed by atoms with van der Waals surface area (Å²) < 4.78 is 11.5. The molecule has 53 heavy (non-hydrogen) atoms. The van der Waals surface area contributed by atoms with E-state index in [4.69, 9.17) is 9.47 Å². The third-order valence-electron chi connectivity index (χ3n) is 11.4. The first-order chi connectivity index (χ1) is 25.9. The minimum Gasteiger partial charge on any atom is -0.465 e. The zero-order chi connectivity index (χ0) is 39.0. The summed E-state index contributed by atoms with van der Waals surface area (Å²) in [5.41, 5.74) is 0. The maximum atomic E-state index is 12.7. The molecule has 0 heterocycles. The van der Waals surface area contributed by atoms with E-state index in [0.29, 0.717) is 13.2 Å². The second-order valence-electron chi connectivity index (χ2n) is 16.4. The fourth-order valence-electron chi connectivity index (χ4n) is 7.33. The van der Waals surface area contributed by atoms with Gasteiger partial charge < -0.3 is 19.3 Å². The number of ether oxygens (including phenoxy) is 2. The Labute approximate surface area is 332 Å². The highest BCUT2D eigenvalue weighted by Gasteiger charge is 2.20. The van der Waals surface area contributed by atoms with Gasteiger partial charge in [0, 0.05) is 13.1 Å². The van der Waals surface area contributed by atoms with E-state index in [1.54, 1.807) is 0 Å². The molecule has 0 aliphatic carbocycles. The summed E-state index contributed by atoms with van der Waals surface area (Å²) in [6.45, 7) is 18.2. The largest absolute Gasteiger partial charge is 0.465 e. The van der Waals surface area contributed by atoms with Gasteiger partial charge in [-0.15, -0.1) is 0 Å². The minimum absolute atomic E-state index is 0.0649. The molecule has 0 amide bonds. The molecule has 0 saturated heterocycles. The lowest BCUT2D eigenvalue weighted by Gasteiger charge is -2.25. The van der Waals surface area contributed by atoms with E-state index in [-0.39, 0.29) is 23.8 Å². The van der Waals surface area contributed by atoms with Crippen LogP contribution in [0.15, 0.2) is 0 Å². The fourth-order valence-corrected chi connectivity index (χ4v) is 7.33. The van der Waals surface area contributed by atoms with Crippen molar-refractivity contribution in [3.05, 3.63) is 0 Å². The number of carbonyl (C=O) groups excluding carboxylic acids is 2. The highest BCUT2D eigenvalue weighted by Crippen LogP contribution is 2.21. The van der Waals surface area contributed by atoms with E-state index >= 15 is 0 Å². The average Bonchev–Trinajstić information content (AvgIpc) is 3.16. The lowest BCUT2D eigenvalue weighted by Crippen LogP contribution is -2.34. The Morgan fingerprint density at radius 1 is 0.396 bits per heavy atom. The predicted molar refractivity (Wildman–Crippen MR) is 230 cm³/mol. The van der Waals surface area contributed by atoms with Crippen molar-refractivity contribution >= 4 is 11.9 Å². The first-order valence-corrected chi connectivity index (χ1v) is 23.7. The van der Waals surface area contributed by atoms with Crippen LogP contribution in [-0.4, -0.2) is 74.7 Å². The van der Waals surface area contributed by atoms with E-state index in [9.17, 15) is 9.59 Å². The van der Waals surface area contributed by atoms with Gasteiger partial charge in [-0.1, -0.05) is 176 Å². The first-order valence-electron chi connectivity index (χ1n) is 23.7. The summed E-state index contributed by atoms with van der Waals surface area (Å²) in [6, 6.07) is 0. The summed E-state index contributed by atoms with van der Waals surface area (Å²) in [4.78, 5) is 30.5. The van der Waals surface area contributed by atoms with Crippen molar-refractivity contribution in [2.75, 3.05) is 53.0 Å². The molecular formula is C47H94N2O4. The summed E-state index contributed by atoms with van der Waals surface area (Å²) in [6.07, 6.45) is 35.7. The molecule has 6 nitrogen and oxygen atoms in total. The molecule has 0 bridgehead atoms. The van der Waals surface area contributed by atoms with Gasteiger partial charge in [0.25, 0.3) is 0 Å². The minimum atomic E-state index is 0.0649. The van der Waals surface area contributed by atoms with Gasteiger partial charge in [0.05, 0.1) is 25.0 Å². The second-order valence-corrected chi connectivity index (χ2v) is 16.4. The molecule has 0 radical (unpaired) electrons. The van der Waals surface area contributed by atoms with Gasteiger partial charge in [-0.2, -0.15) is 0 Å². The van der Waals surface area contributed by atoms with Gasteiger partial charge in [-0.25, -0.2) is 0 Å². The smallest absolute Gasteiger partial charge is 0.308 e. The van der Waals surface area contributed by atoms with Crippen LogP contribution >= 0.6 is 0 Å². The third kappa shape index (κ3) is 33.9. The van der Waals surface area contributed by atoms with Gasteiger partial charge in [-0.05, 0) is 78.0 Å². The molecule has 0 aromatic rings. The van der Waals surface area contributed by atoms with Crippen molar-refractivity contribution < 1.29 is 19.1 Å². The van der Waals surface area contributed by atoms with Crippen LogP contribution in [0.2, 0.25) is 0 Å². The van der Waals surface area contributed by atoms with Crippen LogP contribution in [0.3, 0.4) is 0 Å². The highest BCUT2D eigenvalue weighted by atomic mass is 16.5. The first kappa shape index (κ1) is 51.9. The van der Waals surface area contributed by atoms with Gasteiger partial charge in [0.15, 0.2) is 0 Å². The molecule has 0 aliphatic heterocycles. The Balaban J connectivity index is 4.08. The normalized spacial score (nSPS) is 12.8. The Morgan fingerprint density at radius 2 is 0.736 bits per heavy atom. The van der Waals surface area contributed by atoms with Gasteiger partial charge >= 0.3 is 11.9 Å². The predicted octanol–water partition coefficient (Wildman–Crippen LogP) is 13.3. The number of carbonyl (C=O) groups is 2. The van der Waals surface area contributed by atoms with Crippen LogP contribution in [-0.2, 0) is 19.1 Å². The topological polar surface area (TPSA) is 59.1 Å². The van der Waals surface area contributed by atoms with E-state index in [2.05, 4.69) is 51.5 Å². The zero-order valence-electron chi connectivity index (χ0n) is 36.8. The van der Waals surface area contributed by atoms with Crippen molar-refractivity contribution in [2.24, 2.45) is 11.8 Å². The van der Waals surface area contributed by atoms with Gasteiger partial charge in [0.1, 0.15) is 0 Å². The SMILES string of the molecule is CCCCCCC(CCCC)C(=O)OCCCCCCCCCN(CCCCCCCCCOC(=O)C(CCCC)CCCCCC)CCN(C)CC. The number of rotatable bonds is 42. The number of hydrogen-bond acceptors (Lipinski definition) is 6. The maximum absolute atomic E-state index is 12.7. The number of hydrogen-bond donors (Lipinski definition) is 0. The number of likely N-dealkylation sites (N-methyl/N-ethyl adjacent to an activating group) is 1. The molecule has 0 fully saturated rings. The molecule has 2 atom stereocenters. The zero-order valence-corrected chi connectivity index (χ0v) is 36.8. The monoisotopic (exact) mass is 751 g/mol. The fraction of sp³-hybridized carbons (Fsp3) is 0.957. The molecule has 0 aliphatic rings. The number of esters is 2. The van der Waals surface area contributed by atoms with Crippen LogP contribution in [0, 0.1) is 11.8 Å². The molecule has 0 aromatic carbocycles. The summed E-state index contributed by atoms with van der Waals surface area (Å²) >= 11 is 0. The summed E-state index contributed by atoms with van der Waals surface area (Å²) in [5, 5.41) is 0. The molecular weight excluding hydrogens is 657 g/mol. The molecule has 0 N–H and O–H groups in total. The van der Waals surface area contributed by atoms with Crippen molar-refractivity contribution in [1.82, 2.24) is 9.80 Å². The Hall–Kier alpha value is -1.14. The Kier molecular flexibility index (Phi) is 39.6. The second kappa shape index (κ2) is 40.5. The number of unbranched alkanes of at least 4 members (excludes halogenated alkanes) is 20. The molecule has 6 heteroatoms. The lowest BCUT2D eigenvalue weighted by molar-refractivity contribution is -0.150. The van der Waals surface area contributed by atoms with Gasteiger partial charge in [0.2, 0.25) is 0 Å². The molecule has 0 rings (SSSR count).